The highest BCUT2D eigenvalue weighted by Gasteiger charge is 2.32. The van der Waals surface area contributed by atoms with Gasteiger partial charge in [0.05, 0.1) is 5.56 Å². The summed E-state index contributed by atoms with van der Waals surface area (Å²) >= 11 is 0. The van der Waals surface area contributed by atoms with Crippen molar-refractivity contribution in [1.29, 1.82) is 0 Å². The van der Waals surface area contributed by atoms with E-state index in [4.69, 9.17) is 0 Å². The second kappa shape index (κ2) is 3.73. The molecule has 0 saturated heterocycles. The summed E-state index contributed by atoms with van der Waals surface area (Å²) in [7, 11) is -1.38. The normalized spacial score (nSPS) is 14.1. The first-order chi connectivity index (χ1) is 6.32. The SMILES string of the molecule is Cc1ccc(S(C)=O)cc1C(F)(F)F. The minimum absolute atomic E-state index is 0.145. The minimum Gasteiger partial charge on any atom is -0.255 e. The zero-order valence-electron chi connectivity index (χ0n) is 7.68. The molecule has 0 aromatic heterocycles. The summed E-state index contributed by atoms with van der Waals surface area (Å²) in [5, 5.41) is 0. The van der Waals surface area contributed by atoms with E-state index in [-0.39, 0.29) is 10.5 Å². The van der Waals surface area contributed by atoms with E-state index < -0.39 is 22.5 Å². The predicted molar refractivity (Wildman–Crippen MR) is 48.5 cm³/mol. The Morgan fingerprint density at radius 1 is 1.29 bits per heavy atom. The Morgan fingerprint density at radius 3 is 2.29 bits per heavy atom. The maximum absolute atomic E-state index is 12.4. The van der Waals surface area contributed by atoms with E-state index in [1.807, 2.05) is 0 Å². The molecule has 0 aliphatic heterocycles. The lowest BCUT2D eigenvalue weighted by Gasteiger charge is -2.10. The summed E-state index contributed by atoms with van der Waals surface area (Å²) in [5.41, 5.74) is -0.572. The molecule has 78 valence electrons. The first-order valence-corrected chi connectivity index (χ1v) is 5.39. The number of alkyl halides is 3. The van der Waals surface area contributed by atoms with Gasteiger partial charge in [0.15, 0.2) is 0 Å². The van der Waals surface area contributed by atoms with E-state index in [0.29, 0.717) is 0 Å². The van der Waals surface area contributed by atoms with Crippen molar-refractivity contribution in [3.8, 4) is 0 Å². The monoisotopic (exact) mass is 222 g/mol. The molecule has 0 N–H and O–H groups in total. The van der Waals surface area contributed by atoms with Gasteiger partial charge >= 0.3 is 6.18 Å². The summed E-state index contributed by atoms with van der Waals surface area (Å²) in [6.45, 7) is 1.38. The smallest absolute Gasteiger partial charge is 0.255 e. The molecule has 14 heavy (non-hydrogen) atoms. The Balaban J connectivity index is 3.29. The van der Waals surface area contributed by atoms with E-state index in [1.54, 1.807) is 0 Å². The van der Waals surface area contributed by atoms with Gasteiger partial charge in [0.1, 0.15) is 0 Å². The third kappa shape index (κ3) is 2.35. The van der Waals surface area contributed by atoms with Crippen LogP contribution in [0.5, 0.6) is 0 Å². The fraction of sp³-hybridized carbons (Fsp3) is 0.333. The predicted octanol–water partition coefficient (Wildman–Crippen LogP) is 2.75. The third-order valence-corrected chi connectivity index (χ3v) is 2.76. The van der Waals surface area contributed by atoms with Crippen LogP contribution in [0.2, 0.25) is 0 Å². The van der Waals surface area contributed by atoms with Gasteiger partial charge in [-0.1, -0.05) is 6.07 Å². The van der Waals surface area contributed by atoms with Crippen molar-refractivity contribution >= 4 is 10.8 Å². The van der Waals surface area contributed by atoms with Gasteiger partial charge in [-0.15, -0.1) is 0 Å². The van der Waals surface area contributed by atoms with Gasteiger partial charge in [0.2, 0.25) is 0 Å². The third-order valence-electron chi connectivity index (χ3n) is 1.85. The fourth-order valence-electron chi connectivity index (χ4n) is 1.09. The molecule has 0 aliphatic carbocycles. The van der Waals surface area contributed by atoms with Crippen molar-refractivity contribution in [2.45, 2.75) is 18.0 Å². The zero-order valence-corrected chi connectivity index (χ0v) is 8.50. The van der Waals surface area contributed by atoms with Crippen LogP contribution in [0.1, 0.15) is 11.1 Å². The van der Waals surface area contributed by atoms with E-state index in [0.717, 1.165) is 6.07 Å². The summed E-state index contributed by atoms with van der Waals surface area (Å²) in [6.07, 6.45) is -3.02. The first-order valence-electron chi connectivity index (χ1n) is 3.83. The summed E-state index contributed by atoms with van der Waals surface area (Å²) in [6, 6.07) is 3.71. The molecule has 0 aliphatic rings. The molecule has 1 unspecified atom stereocenters. The van der Waals surface area contributed by atoms with Gasteiger partial charge < -0.3 is 0 Å². The van der Waals surface area contributed by atoms with Gasteiger partial charge in [-0.05, 0) is 24.6 Å². The zero-order chi connectivity index (χ0) is 10.9. The fourth-order valence-corrected chi connectivity index (χ4v) is 1.63. The molecule has 0 bridgehead atoms. The number of hydrogen-bond donors (Lipinski definition) is 0. The molecule has 0 saturated carbocycles. The van der Waals surface area contributed by atoms with E-state index in [2.05, 4.69) is 0 Å². The van der Waals surface area contributed by atoms with Crippen LogP contribution in [-0.4, -0.2) is 10.5 Å². The molecule has 1 atom stereocenters. The van der Waals surface area contributed by atoms with Gasteiger partial charge in [-0.25, -0.2) is 0 Å². The second-order valence-electron chi connectivity index (χ2n) is 2.93. The number of rotatable bonds is 1. The van der Waals surface area contributed by atoms with Crippen molar-refractivity contribution in [3.05, 3.63) is 29.3 Å². The maximum atomic E-state index is 12.4. The lowest BCUT2D eigenvalue weighted by molar-refractivity contribution is -0.138. The van der Waals surface area contributed by atoms with Crippen LogP contribution in [-0.2, 0) is 17.0 Å². The number of hydrogen-bond acceptors (Lipinski definition) is 1. The van der Waals surface area contributed by atoms with Crippen LogP contribution in [0.15, 0.2) is 23.1 Å². The number of benzene rings is 1. The topological polar surface area (TPSA) is 17.1 Å². The minimum atomic E-state index is -4.38. The molecule has 0 radical (unpaired) electrons. The highest BCUT2D eigenvalue weighted by molar-refractivity contribution is 7.84. The average molecular weight is 222 g/mol. The van der Waals surface area contributed by atoms with E-state index >= 15 is 0 Å². The Morgan fingerprint density at radius 2 is 1.86 bits per heavy atom. The number of aryl methyl sites for hydroxylation is 1. The molecular weight excluding hydrogens is 213 g/mol. The standard InChI is InChI=1S/C9H9F3OS/c1-6-3-4-7(14(2)13)5-8(6)9(10,11)12/h3-5H,1-2H3. The highest BCUT2D eigenvalue weighted by atomic mass is 32.2. The summed E-state index contributed by atoms with van der Waals surface area (Å²) in [5.74, 6) is 0. The molecular formula is C9H9F3OS. The van der Waals surface area contributed by atoms with Gasteiger partial charge in [-0.2, -0.15) is 13.2 Å². The molecule has 0 spiro atoms. The van der Waals surface area contributed by atoms with Crippen molar-refractivity contribution in [2.75, 3.05) is 6.26 Å². The second-order valence-corrected chi connectivity index (χ2v) is 4.31. The van der Waals surface area contributed by atoms with Crippen LogP contribution in [0.4, 0.5) is 13.2 Å². The molecule has 1 aromatic carbocycles. The molecule has 1 aromatic rings. The van der Waals surface area contributed by atoms with Crippen molar-refractivity contribution in [3.63, 3.8) is 0 Å². The van der Waals surface area contributed by atoms with Gasteiger partial charge in [0, 0.05) is 22.0 Å². The van der Waals surface area contributed by atoms with Gasteiger partial charge in [0.25, 0.3) is 0 Å². The Bertz CT molecular complexity index is 371. The number of halogens is 3. The summed E-state index contributed by atoms with van der Waals surface area (Å²) in [4.78, 5) is 0.197. The van der Waals surface area contributed by atoms with Crippen LogP contribution < -0.4 is 0 Å². The van der Waals surface area contributed by atoms with Gasteiger partial charge in [-0.3, -0.25) is 4.21 Å². The van der Waals surface area contributed by atoms with Crippen molar-refractivity contribution < 1.29 is 17.4 Å². The average Bonchev–Trinajstić information content (AvgIpc) is 2.02. The van der Waals surface area contributed by atoms with Crippen LogP contribution in [0.25, 0.3) is 0 Å². The van der Waals surface area contributed by atoms with Crippen LogP contribution in [0.3, 0.4) is 0 Å². The summed E-state index contributed by atoms with van der Waals surface area (Å²) < 4.78 is 48.2. The Kier molecular flexibility index (Phi) is 2.99. The van der Waals surface area contributed by atoms with Crippen molar-refractivity contribution in [1.82, 2.24) is 0 Å². The molecule has 0 fully saturated rings. The Hall–Kier alpha value is -0.840. The maximum Gasteiger partial charge on any atom is 0.416 e. The van der Waals surface area contributed by atoms with E-state index in [1.165, 1.54) is 25.3 Å². The lowest BCUT2D eigenvalue weighted by atomic mass is 10.1. The highest BCUT2D eigenvalue weighted by Crippen LogP contribution is 2.32. The van der Waals surface area contributed by atoms with E-state index in [9.17, 15) is 17.4 Å². The molecule has 1 rings (SSSR count). The quantitative estimate of drug-likeness (QED) is 0.714. The first kappa shape index (κ1) is 11.2. The molecule has 1 nitrogen and oxygen atoms in total. The van der Waals surface area contributed by atoms with Crippen LogP contribution >= 0.6 is 0 Å². The lowest BCUT2D eigenvalue weighted by Crippen LogP contribution is -2.08. The van der Waals surface area contributed by atoms with Crippen molar-refractivity contribution in [2.24, 2.45) is 0 Å². The molecule has 0 amide bonds. The Labute approximate surface area is 82.4 Å². The van der Waals surface area contributed by atoms with Crippen LogP contribution in [0, 0.1) is 6.92 Å². The molecule has 5 heteroatoms. The molecule has 0 heterocycles. The largest absolute Gasteiger partial charge is 0.416 e.